The lowest BCUT2D eigenvalue weighted by Crippen LogP contribution is -2.38. The third-order valence-electron chi connectivity index (χ3n) is 11.2. The molecule has 300 valence electrons. The Bertz CT molecular complexity index is 2280. The van der Waals surface area contributed by atoms with Gasteiger partial charge in [0.2, 0.25) is 5.95 Å². The molecule has 0 saturated carbocycles. The number of benzene rings is 2. The fourth-order valence-electron chi connectivity index (χ4n) is 7.94. The summed E-state index contributed by atoms with van der Waals surface area (Å²) in [6.45, 7) is 6.35. The Morgan fingerprint density at radius 3 is 2.36 bits per heavy atom. The number of carbonyl (C=O) groups excluding carboxylic acids is 1. The number of aryl methyl sites for hydroxylation is 1. The number of fused-ring (bicyclic) bond motifs is 1. The van der Waals surface area contributed by atoms with Gasteiger partial charge >= 0.3 is 0 Å². The average Bonchev–Trinajstić information content (AvgIpc) is 4.09. The summed E-state index contributed by atoms with van der Waals surface area (Å²) in [5.41, 5.74) is 4.37. The Labute approximate surface area is 334 Å². The lowest BCUT2D eigenvalue weighted by Gasteiger charge is -2.27. The van der Waals surface area contributed by atoms with Crippen LogP contribution in [0, 0.1) is 0 Å². The molecule has 16 nitrogen and oxygen atoms in total. The fraction of sp³-hybridized carbons (Fsp3) is 0.381. The molecular weight excluding hydrogens is 741 g/mol. The minimum absolute atomic E-state index is 0.00688. The van der Waals surface area contributed by atoms with E-state index >= 15 is 0 Å². The number of anilines is 3. The molecular formula is C42H46N10O6. The van der Waals surface area contributed by atoms with E-state index in [0.29, 0.717) is 85.6 Å². The Hall–Kier alpha value is -5.94. The second-order valence-corrected chi connectivity index (χ2v) is 14.9. The molecule has 6 aromatic rings. The highest BCUT2D eigenvalue weighted by Crippen LogP contribution is 2.41. The van der Waals surface area contributed by atoms with Crippen LogP contribution in [0.5, 0.6) is 0 Å². The van der Waals surface area contributed by atoms with Gasteiger partial charge in [-0.25, -0.2) is 9.97 Å². The molecule has 0 aliphatic carbocycles. The lowest BCUT2D eigenvalue weighted by molar-refractivity contribution is -0.0434. The quantitative estimate of drug-likeness (QED) is 0.140. The van der Waals surface area contributed by atoms with Crippen molar-refractivity contribution in [2.45, 2.75) is 56.3 Å². The Kier molecular flexibility index (Phi) is 10.7. The highest BCUT2D eigenvalue weighted by atomic mass is 16.6. The van der Waals surface area contributed by atoms with E-state index in [1.54, 1.807) is 29.2 Å². The zero-order valence-electron chi connectivity index (χ0n) is 32.1. The summed E-state index contributed by atoms with van der Waals surface area (Å²) in [5, 5.41) is 33.3. The number of hydrogen-bond donors (Lipinski definition) is 4. The van der Waals surface area contributed by atoms with Crippen molar-refractivity contribution in [3.63, 3.8) is 0 Å². The van der Waals surface area contributed by atoms with Gasteiger partial charge in [-0.05, 0) is 36.1 Å². The largest absolute Gasteiger partial charge is 0.387 e. The molecule has 1 amide bonds. The van der Waals surface area contributed by atoms with Gasteiger partial charge in [-0.2, -0.15) is 9.97 Å². The first kappa shape index (κ1) is 37.6. The van der Waals surface area contributed by atoms with Gasteiger partial charge in [0.25, 0.3) is 5.91 Å². The van der Waals surface area contributed by atoms with Crippen molar-refractivity contribution in [1.29, 1.82) is 0 Å². The van der Waals surface area contributed by atoms with E-state index in [4.69, 9.17) is 28.9 Å². The molecule has 3 aliphatic rings. The molecule has 0 radical (unpaired) electrons. The van der Waals surface area contributed by atoms with Crippen LogP contribution in [0.4, 0.5) is 17.6 Å². The second kappa shape index (κ2) is 16.5. The maximum Gasteiger partial charge on any atom is 0.253 e. The van der Waals surface area contributed by atoms with Gasteiger partial charge in [-0.1, -0.05) is 72.7 Å². The summed E-state index contributed by atoms with van der Waals surface area (Å²) in [6, 6.07) is 25.8. The van der Waals surface area contributed by atoms with Crippen molar-refractivity contribution in [2.75, 3.05) is 61.1 Å². The molecule has 4 aromatic heterocycles. The average molecular weight is 787 g/mol. The van der Waals surface area contributed by atoms with Crippen molar-refractivity contribution < 1.29 is 29.0 Å². The van der Waals surface area contributed by atoms with Crippen molar-refractivity contribution in [3.8, 4) is 0 Å². The summed E-state index contributed by atoms with van der Waals surface area (Å²) >= 11 is 0. The number of amides is 1. The predicted molar refractivity (Wildman–Crippen MR) is 215 cm³/mol. The summed E-state index contributed by atoms with van der Waals surface area (Å²) in [7, 11) is 0. The van der Waals surface area contributed by atoms with Crippen LogP contribution in [0.2, 0.25) is 0 Å². The summed E-state index contributed by atoms with van der Waals surface area (Å²) < 4.78 is 18.9. The third kappa shape index (κ3) is 7.58. The number of aliphatic hydroxyl groups excluding tert-OH is 2. The molecule has 3 saturated heterocycles. The van der Waals surface area contributed by atoms with Crippen LogP contribution < -0.4 is 20.4 Å². The van der Waals surface area contributed by atoms with Gasteiger partial charge in [0.15, 0.2) is 29.0 Å². The molecule has 9 rings (SSSR count). The van der Waals surface area contributed by atoms with Gasteiger partial charge < -0.3 is 44.6 Å². The van der Waals surface area contributed by atoms with Crippen LogP contribution in [0.3, 0.4) is 0 Å². The van der Waals surface area contributed by atoms with Crippen LogP contribution in [-0.4, -0.2) is 110 Å². The summed E-state index contributed by atoms with van der Waals surface area (Å²) in [6.07, 6.45) is -0.105. The van der Waals surface area contributed by atoms with Crippen LogP contribution in [-0.2, 0) is 15.9 Å². The SMILES string of the molecule is CCc1cc([C@H]2O[C@@H](n3cnc4c(NCC(c5ccccc5)c5ccccc5)nc(N5CC[C@@H](NC(=O)c6ccc(N7CCOCC7)nc6)C5)nc43)[C@H](O)[C@@H]2O)on1. The maximum atomic E-state index is 13.4. The molecule has 2 aromatic carbocycles. The fourth-order valence-corrected chi connectivity index (χ4v) is 7.94. The Morgan fingerprint density at radius 2 is 1.67 bits per heavy atom. The van der Waals surface area contributed by atoms with E-state index in [1.165, 1.54) is 0 Å². The first-order chi connectivity index (χ1) is 28.4. The number of nitrogens with one attached hydrogen (secondary N) is 2. The molecule has 5 atom stereocenters. The number of aliphatic hydroxyl groups is 2. The lowest BCUT2D eigenvalue weighted by atomic mass is 9.91. The van der Waals surface area contributed by atoms with Crippen molar-refractivity contribution in [1.82, 2.24) is 35.0 Å². The number of nitrogens with zero attached hydrogens (tertiary/aromatic N) is 8. The standard InChI is InChI=1S/C42H46N10O6/c1-2-29-21-32(58-49-29)37-35(53)36(54)41(57-37)52-25-45-34-38(44-23-31(26-9-5-3-6-10-26)27-11-7-4-8-12-27)47-42(48-39(34)52)51-16-15-30(24-51)46-40(55)28-13-14-33(43-22-28)50-17-19-56-20-18-50/h3-14,21-22,25,30-31,35-37,41,53-54H,2,15-20,23-24H2,1H3,(H,46,55)(H,44,47,48)/t30-,35+,36-,37-,41-/m1/s1. The van der Waals surface area contributed by atoms with Crippen LogP contribution >= 0.6 is 0 Å². The highest BCUT2D eigenvalue weighted by molar-refractivity contribution is 5.94. The van der Waals surface area contributed by atoms with Gasteiger partial charge in [-0.3, -0.25) is 9.36 Å². The topological polar surface area (TPSA) is 189 Å². The van der Waals surface area contributed by atoms with E-state index < -0.39 is 24.5 Å². The summed E-state index contributed by atoms with van der Waals surface area (Å²) in [4.78, 5) is 36.9. The predicted octanol–water partition coefficient (Wildman–Crippen LogP) is 3.85. The van der Waals surface area contributed by atoms with Crippen LogP contribution in [0.25, 0.3) is 11.2 Å². The molecule has 0 unspecified atom stereocenters. The monoisotopic (exact) mass is 786 g/mol. The molecule has 0 bridgehead atoms. The minimum atomic E-state index is -1.32. The number of morpholine rings is 1. The second-order valence-electron chi connectivity index (χ2n) is 14.9. The molecule has 0 spiro atoms. The number of rotatable bonds is 12. The number of imidazole rings is 1. The van der Waals surface area contributed by atoms with Crippen molar-refractivity contribution in [2.24, 2.45) is 0 Å². The van der Waals surface area contributed by atoms with Crippen molar-refractivity contribution >= 4 is 34.7 Å². The van der Waals surface area contributed by atoms with E-state index in [0.717, 1.165) is 30.0 Å². The molecule has 3 aliphatic heterocycles. The number of carbonyl (C=O) groups is 1. The Morgan fingerprint density at radius 1 is 0.914 bits per heavy atom. The normalized spacial score (nSPS) is 22.2. The first-order valence-corrected chi connectivity index (χ1v) is 19.8. The van der Waals surface area contributed by atoms with E-state index in [2.05, 4.69) is 49.9 Å². The highest BCUT2D eigenvalue weighted by Gasteiger charge is 2.47. The Balaban J connectivity index is 0.993. The zero-order valence-corrected chi connectivity index (χ0v) is 32.1. The van der Waals surface area contributed by atoms with Crippen LogP contribution in [0.15, 0.2) is 95.9 Å². The number of ether oxygens (including phenoxy) is 2. The molecule has 16 heteroatoms. The molecule has 4 N–H and O–H groups in total. The van der Waals surface area contributed by atoms with Gasteiger partial charge in [-0.15, -0.1) is 0 Å². The van der Waals surface area contributed by atoms with Gasteiger partial charge in [0, 0.05) is 56.9 Å². The number of aromatic nitrogens is 6. The van der Waals surface area contributed by atoms with Gasteiger partial charge in [0.1, 0.15) is 24.1 Å². The zero-order chi connectivity index (χ0) is 39.6. The van der Waals surface area contributed by atoms with Crippen molar-refractivity contribution in [3.05, 3.63) is 120 Å². The number of hydrogen-bond acceptors (Lipinski definition) is 14. The molecule has 58 heavy (non-hydrogen) atoms. The smallest absolute Gasteiger partial charge is 0.253 e. The van der Waals surface area contributed by atoms with E-state index in [1.807, 2.05) is 54.3 Å². The minimum Gasteiger partial charge on any atom is -0.387 e. The molecule has 3 fully saturated rings. The first-order valence-electron chi connectivity index (χ1n) is 19.8. The van der Waals surface area contributed by atoms with Gasteiger partial charge in [0.05, 0.1) is 30.8 Å². The van der Waals surface area contributed by atoms with E-state index in [9.17, 15) is 15.0 Å². The van der Waals surface area contributed by atoms with E-state index in [-0.39, 0.29) is 17.9 Å². The molecule has 7 heterocycles. The number of pyridine rings is 1. The summed E-state index contributed by atoms with van der Waals surface area (Å²) in [5.74, 6) is 1.87. The maximum absolute atomic E-state index is 13.4. The van der Waals surface area contributed by atoms with Crippen LogP contribution in [0.1, 0.15) is 64.5 Å². The third-order valence-corrected chi connectivity index (χ3v) is 11.2.